The largest absolute Gasteiger partial charge is 0.360 e. The van der Waals surface area contributed by atoms with Crippen molar-refractivity contribution in [2.24, 2.45) is 5.92 Å². The smallest absolute Gasteiger partial charge is 0.259 e. The maximum atomic E-state index is 12.9. The number of aromatic amines is 1. The van der Waals surface area contributed by atoms with Crippen LogP contribution in [0.3, 0.4) is 0 Å². The van der Waals surface area contributed by atoms with Crippen LogP contribution in [0.15, 0.2) is 26.6 Å². The highest BCUT2D eigenvalue weighted by Gasteiger charge is 2.24. The summed E-state index contributed by atoms with van der Waals surface area (Å²) >= 11 is 6.58. The highest BCUT2D eigenvalue weighted by molar-refractivity contribution is 8.01. The molecule has 10 heteroatoms. The molecule has 0 amide bonds. The number of H-pyrrole nitrogens is 1. The monoisotopic (exact) mass is 489 g/mol. The van der Waals surface area contributed by atoms with Crippen LogP contribution in [0.2, 0.25) is 0 Å². The van der Waals surface area contributed by atoms with Crippen molar-refractivity contribution in [2.45, 2.75) is 49.1 Å². The Bertz CT molecular complexity index is 1240. The minimum absolute atomic E-state index is 0.00676. The van der Waals surface area contributed by atoms with E-state index in [4.69, 9.17) is 4.98 Å². The molecule has 0 fully saturated rings. The molecule has 0 aromatic carbocycles. The molecule has 1 aliphatic rings. The van der Waals surface area contributed by atoms with Gasteiger partial charge in [-0.1, -0.05) is 36.1 Å². The second-order valence-corrected chi connectivity index (χ2v) is 12.6. The Balaban J connectivity index is 1.27. The Hall–Kier alpha value is -1.75. The van der Waals surface area contributed by atoms with E-state index in [1.165, 1.54) is 26.7 Å². The maximum absolute atomic E-state index is 12.9. The third-order valence-electron chi connectivity index (χ3n) is 5.48. The fourth-order valence-corrected chi connectivity index (χ4v) is 7.92. The molecule has 6 nitrogen and oxygen atoms in total. The van der Waals surface area contributed by atoms with Gasteiger partial charge in [0.25, 0.3) is 5.56 Å². The molecule has 0 aliphatic heterocycles. The van der Waals surface area contributed by atoms with Crippen LogP contribution in [0.5, 0.6) is 0 Å². The van der Waals surface area contributed by atoms with Gasteiger partial charge in [-0.2, -0.15) is 0 Å². The van der Waals surface area contributed by atoms with Gasteiger partial charge in [-0.25, -0.2) is 4.98 Å². The Morgan fingerprint density at radius 2 is 2.26 bits per heavy atom. The lowest BCUT2D eigenvalue weighted by atomic mass is 9.89. The topological polar surface area (TPSA) is 83.6 Å². The minimum atomic E-state index is -0.0120. The SMILES string of the molecule is CC1CCc2c(sc3nc(C(C)Sc4nnc(NCCc5cccs5)s4)[nH]c(=O)c23)C1. The first-order valence-electron chi connectivity index (χ1n) is 10.4. The number of anilines is 1. The molecular formula is C21H23N5OS4. The van der Waals surface area contributed by atoms with E-state index in [-0.39, 0.29) is 10.8 Å². The summed E-state index contributed by atoms with van der Waals surface area (Å²) in [6.07, 6.45) is 4.17. The lowest BCUT2D eigenvalue weighted by Crippen LogP contribution is -2.15. The lowest BCUT2D eigenvalue weighted by Gasteiger charge is -2.17. The van der Waals surface area contributed by atoms with Crippen molar-refractivity contribution in [2.75, 3.05) is 11.9 Å². The van der Waals surface area contributed by atoms with E-state index in [1.807, 2.05) is 0 Å². The van der Waals surface area contributed by atoms with E-state index >= 15 is 0 Å². The van der Waals surface area contributed by atoms with Crippen molar-refractivity contribution in [3.05, 3.63) is 49.0 Å². The molecule has 4 aromatic rings. The van der Waals surface area contributed by atoms with Crippen LogP contribution in [0.1, 0.15) is 46.7 Å². The van der Waals surface area contributed by atoms with Crippen molar-refractivity contribution in [1.29, 1.82) is 0 Å². The quantitative estimate of drug-likeness (QED) is 0.332. The minimum Gasteiger partial charge on any atom is -0.360 e. The van der Waals surface area contributed by atoms with Crippen LogP contribution in [0.4, 0.5) is 5.13 Å². The number of thioether (sulfide) groups is 1. The molecule has 0 spiro atoms. The van der Waals surface area contributed by atoms with Crippen LogP contribution in [-0.4, -0.2) is 26.7 Å². The maximum Gasteiger partial charge on any atom is 0.259 e. The zero-order valence-electron chi connectivity index (χ0n) is 17.3. The summed E-state index contributed by atoms with van der Waals surface area (Å²) in [6.45, 7) is 5.17. The van der Waals surface area contributed by atoms with Crippen LogP contribution < -0.4 is 10.9 Å². The average molecular weight is 490 g/mol. The number of aromatic nitrogens is 4. The van der Waals surface area contributed by atoms with E-state index in [0.29, 0.717) is 11.7 Å². The molecule has 2 atom stereocenters. The van der Waals surface area contributed by atoms with Crippen LogP contribution in [0.25, 0.3) is 10.2 Å². The first-order chi connectivity index (χ1) is 15.1. The van der Waals surface area contributed by atoms with Gasteiger partial charge in [0.1, 0.15) is 10.7 Å². The third kappa shape index (κ3) is 4.57. The lowest BCUT2D eigenvalue weighted by molar-refractivity contribution is 0.509. The van der Waals surface area contributed by atoms with Crippen LogP contribution in [-0.2, 0) is 19.3 Å². The van der Waals surface area contributed by atoms with Gasteiger partial charge in [0.15, 0.2) is 4.34 Å². The molecule has 31 heavy (non-hydrogen) atoms. The van der Waals surface area contributed by atoms with Crippen LogP contribution in [0, 0.1) is 5.92 Å². The van der Waals surface area contributed by atoms with Crippen molar-refractivity contribution in [3.63, 3.8) is 0 Å². The Labute approximate surface area is 196 Å². The number of hydrogen-bond donors (Lipinski definition) is 2. The van der Waals surface area contributed by atoms with Gasteiger partial charge >= 0.3 is 0 Å². The first kappa shape index (κ1) is 21.1. The van der Waals surface area contributed by atoms with Gasteiger partial charge in [0.05, 0.1) is 10.6 Å². The number of rotatable bonds is 7. The van der Waals surface area contributed by atoms with Gasteiger partial charge < -0.3 is 10.3 Å². The molecule has 0 bridgehead atoms. The van der Waals surface area contributed by atoms with Gasteiger partial charge in [-0.3, -0.25) is 4.79 Å². The molecule has 0 radical (unpaired) electrons. The second-order valence-electron chi connectivity index (χ2n) is 7.87. The van der Waals surface area contributed by atoms with Gasteiger partial charge in [-0.15, -0.1) is 32.9 Å². The third-order valence-corrected chi connectivity index (χ3v) is 9.64. The normalized spacial score (nSPS) is 17.0. The zero-order chi connectivity index (χ0) is 21.4. The molecule has 2 unspecified atom stereocenters. The van der Waals surface area contributed by atoms with Crippen LogP contribution >= 0.6 is 45.8 Å². The molecular weight excluding hydrogens is 467 g/mol. The fourth-order valence-electron chi connectivity index (χ4n) is 3.84. The molecule has 0 saturated carbocycles. The molecule has 4 aromatic heterocycles. The fraction of sp³-hybridized carbons (Fsp3) is 0.429. The molecule has 162 valence electrons. The number of thiophene rings is 2. The Morgan fingerprint density at radius 3 is 3.10 bits per heavy atom. The Kier molecular flexibility index (Phi) is 6.14. The number of aryl methyl sites for hydroxylation is 1. The summed E-state index contributed by atoms with van der Waals surface area (Å²) in [6, 6.07) is 4.22. The predicted octanol–water partition coefficient (Wildman–Crippen LogP) is 5.53. The van der Waals surface area contributed by atoms with E-state index in [1.54, 1.807) is 34.4 Å². The average Bonchev–Trinajstić information content (AvgIpc) is 3.47. The summed E-state index contributed by atoms with van der Waals surface area (Å²) in [5.74, 6) is 1.38. The van der Waals surface area contributed by atoms with E-state index < -0.39 is 0 Å². The molecule has 2 N–H and O–H groups in total. The van der Waals surface area contributed by atoms with Gasteiger partial charge in [0, 0.05) is 16.3 Å². The van der Waals surface area contributed by atoms with Gasteiger partial charge in [0.2, 0.25) is 5.13 Å². The molecule has 5 rings (SSSR count). The number of hydrogen-bond acceptors (Lipinski definition) is 9. The van der Waals surface area contributed by atoms with E-state index in [0.717, 1.165) is 51.9 Å². The summed E-state index contributed by atoms with van der Waals surface area (Å²) in [5.41, 5.74) is 1.22. The van der Waals surface area contributed by atoms with Crippen molar-refractivity contribution < 1.29 is 0 Å². The predicted molar refractivity (Wildman–Crippen MR) is 132 cm³/mol. The van der Waals surface area contributed by atoms with Crippen molar-refractivity contribution in [1.82, 2.24) is 20.2 Å². The molecule has 4 heterocycles. The van der Waals surface area contributed by atoms with E-state index in [9.17, 15) is 4.79 Å². The number of nitrogens with one attached hydrogen (secondary N) is 2. The van der Waals surface area contributed by atoms with Crippen molar-refractivity contribution >= 4 is 61.1 Å². The summed E-state index contributed by atoms with van der Waals surface area (Å²) in [4.78, 5) is 24.3. The first-order valence-corrected chi connectivity index (χ1v) is 13.8. The molecule has 1 aliphatic carbocycles. The van der Waals surface area contributed by atoms with Crippen molar-refractivity contribution in [3.8, 4) is 0 Å². The standard InChI is InChI=1S/C21H23N5OS4/c1-11-5-6-14-15(10-11)30-19-16(14)18(27)23-17(24-19)12(2)29-21-26-25-20(31-21)22-8-7-13-4-3-9-28-13/h3-4,9,11-12H,5-8,10H2,1-2H3,(H,22,25)(H,23,24,27). The number of nitrogens with zero attached hydrogens (tertiary/aromatic N) is 3. The highest BCUT2D eigenvalue weighted by atomic mass is 32.2. The second kappa shape index (κ2) is 9.01. The van der Waals surface area contributed by atoms with E-state index in [2.05, 4.69) is 51.9 Å². The summed E-state index contributed by atoms with van der Waals surface area (Å²) in [5, 5.41) is 15.6. The highest BCUT2D eigenvalue weighted by Crippen LogP contribution is 2.39. The summed E-state index contributed by atoms with van der Waals surface area (Å²) in [7, 11) is 0. The number of fused-ring (bicyclic) bond motifs is 3. The Morgan fingerprint density at radius 1 is 1.35 bits per heavy atom. The summed E-state index contributed by atoms with van der Waals surface area (Å²) < 4.78 is 0.869. The van der Waals surface area contributed by atoms with Gasteiger partial charge in [-0.05, 0) is 55.5 Å². The zero-order valence-corrected chi connectivity index (χ0v) is 20.6. The molecule has 0 saturated heterocycles.